The Labute approximate surface area is 259 Å². The minimum absolute atomic E-state index is 0.902. The average Bonchev–Trinajstić information content (AvgIpc) is 3.41. The zero-order valence-electron chi connectivity index (χ0n) is 24.6. The first-order chi connectivity index (χ1) is 21.8. The smallest absolute Gasteiger partial charge is 0.0622 e. The summed E-state index contributed by atoms with van der Waals surface area (Å²) in [6.07, 6.45) is 7.58. The van der Waals surface area contributed by atoms with Crippen LogP contribution < -0.4 is 0 Å². The molecule has 0 saturated heterocycles. The quantitative estimate of drug-likeness (QED) is 0.162. The molecule has 0 atom stereocenters. The fourth-order valence-corrected chi connectivity index (χ4v) is 7.69. The lowest BCUT2D eigenvalue weighted by molar-refractivity contribution is 1.20. The van der Waals surface area contributed by atoms with Crippen molar-refractivity contribution in [2.45, 2.75) is 19.3 Å². The minimum Gasteiger partial charge on any atom is -0.0622 e. The highest BCUT2D eigenvalue weighted by molar-refractivity contribution is 6.04. The summed E-state index contributed by atoms with van der Waals surface area (Å²) < 4.78 is 0. The number of hydrogen-bond acceptors (Lipinski definition) is 0. The summed E-state index contributed by atoms with van der Waals surface area (Å²) in [5, 5.41) is 0. The van der Waals surface area contributed by atoms with Crippen LogP contribution in [0.4, 0.5) is 0 Å². The highest BCUT2D eigenvalue weighted by Gasteiger charge is 2.27. The molecule has 0 nitrogen and oxygen atoms in total. The molecular weight excluding hydrogens is 528 g/mol. The van der Waals surface area contributed by atoms with Gasteiger partial charge in [0.2, 0.25) is 0 Å². The van der Waals surface area contributed by atoms with E-state index < -0.39 is 0 Å². The predicted molar refractivity (Wildman–Crippen MR) is 185 cm³/mol. The van der Waals surface area contributed by atoms with E-state index in [1.165, 1.54) is 89.0 Å². The van der Waals surface area contributed by atoms with Gasteiger partial charge in [-0.2, -0.15) is 0 Å². The molecule has 44 heavy (non-hydrogen) atoms. The van der Waals surface area contributed by atoms with Gasteiger partial charge >= 0.3 is 0 Å². The van der Waals surface area contributed by atoms with Gasteiger partial charge in [0, 0.05) is 29.8 Å². The monoisotopic (exact) mass is 559 g/mol. The lowest BCUT2D eigenvalue weighted by Crippen LogP contribution is -1.88. The van der Waals surface area contributed by atoms with Crippen LogP contribution in [-0.2, 0) is 19.3 Å². The van der Waals surface area contributed by atoms with Crippen molar-refractivity contribution in [2.24, 2.45) is 0 Å². The SMILES string of the molecule is C1=C2Cc3cc(c4cccccc3-4)Cc3cc(c4cccccc3-4)Cc3cc(c4cccccc3-4)/C=C\1c1c[cH+]cccc12. The van der Waals surface area contributed by atoms with Crippen LogP contribution in [0, 0.1) is 0 Å². The van der Waals surface area contributed by atoms with Crippen molar-refractivity contribution in [3.05, 3.63) is 190 Å². The summed E-state index contributed by atoms with van der Waals surface area (Å²) in [6.45, 7) is 0. The Morgan fingerprint density at radius 3 is 1.45 bits per heavy atom. The molecular formula is C44H31+. The van der Waals surface area contributed by atoms with Crippen molar-refractivity contribution in [1.82, 2.24) is 0 Å². The molecule has 206 valence electrons. The molecule has 0 N–H and O–H groups in total. The molecule has 0 heterocycles. The second-order valence-corrected chi connectivity index (χ2v) is 12.3. The van der Waals surface area contributed by atoms with Gasteiger partial charge in [-0.25, -0.2) is 0 Å². The van der Waals surface area contributed by atoms with E-state index in [0.717, 1.165) is 19.3 Å². The molecule has 1 aromatic rings. The van der Waals surface area contributed by atoms with Crippen LogP contribution in [0.3, 0.4) is 0 Å². The fourth-order valence-electron chi connectivity index (χ4n) is 7.69. The molecule has 0 aromatic heterocycles. The molecule has 0 unspecified atom stereocenters. The van der Waals surface area contributed by atoms with Gasteiger partial charge < -0.3 is 0 Å². The zero-order valence-corrected chi connectivity index (χ0v) is 24.6. The molecule has 8 bridgehead atoms. The summed E-state index contributed by atoms with van der Waals surface area (Å²) >= 11 is 0. The van der Waals surface area contributed by atoms with Crippen LogP contribution in [0.2, 0.25) is 0 Å². The second kappa shape index (κ2) is 10.1. The third-order valence-corrected chi connectivity index (χ3v) is 9.66. The first-order valence-corrected chi connectivity index (χ1v) is 15.7. The first-order valence-electron chi connectivity index (χ1n) is 15.7. The molecule has 9 rings (SSSR count). The predicted octanol–water partition coefficient (Wildman–Crippen LogP) is 11.0. The highest BCUT2D eigenvalue weighted by atomic mass is 14.3. The van der Waals surface area contributed by atoms with E-state index >= 15 is 0 Å². The lowest BCUT2D eigenvalue weighted by Gasteiger charge is -2.05. The maximum Gasteiger partial charge on any atom is 0.0792 e. The largest absolute Gasteiger partial charge is 0.0792 e. The van der Waals surface area contributed by atoms with E-state index in [1.54, 1.807) is 0 Å². The molecule has 0 heteroatoms. The molecule has 0 amide bonds. The molecule has 0 fully saturated rings. The van der Waals surface area contributed by atoms with Gasteiger partial charge in [-0.1, -0.05) is 109 Å². The van der Waals surface area contributed by atoms with E-state index in [9.17, 15) is 0 Å². The Morgan fingerprint density at radius 2 is 0.864 bits per heavy atom. The van der Waals surface area contributed by atoms with E-state index in [4.69, 9.17) is 0 Å². The van der Waals surface area contributed by atoms with E-state index in [1.807, 2.05) is 0 Å². The van der Waals surface area contributed by atoms with Crippen LogP contribution in [0.15, 0.2) is 146 Å². The summed E-state index contributed by atoms with van der Waals surface area (Å²) in [4.78, 5) is 0. The minimum atomic E-state index is 0.902. The van der Waals surface area contributed by atoms with Crippen LogP contribution >= 0.6 is 0 Å². The number of allylic oxidation sites excluding steroid dienone is 3. The van der Waals surface area contributed by atoms with E-state index in [0.29, 0.717) is 0 Å². The average molecular weight is 560 g/mol. The molecule has 0 spiro atoms. The van der Waals surface area contributed by atoms with Crippen molar-refractivity contribution in [2.75, 3.05) is 0 Å². The van der Waals surface area contributed by atoms with Crippen molar-refractivity contribution in [3.63, 3.8) is 0 Å². The highest BCUT2D eigenvalue weighted by Crippen LogP contribution is 2.45. The van der Waals surface area contributed by atoms with Crippen LogP contribution in [0.25, 0.3) is 50.6 Å². The van der Waals surface area contributed by atoms with Gasteiger partial charge in [0.1, 0.15) is 0 Å². The van der Waals surface area contributed by atoms with Gasteiger partial charge in [-0.3, -0.25) is 0 Å². The zero-order chi connectivity index (χ0) is 29.0. The third-order valence-electron chi connectivity index (χ3n) is 9.66. The van der Waals surface area contributed by atoms with Gasteiger partial charge in [0.05, 0.1) is 17.2 Å². The van der Waals surface area contributed by atoms with Crippen molar-refractivity contribution in [1.29, 1.82) is 0 Å². The molecule has 8 aliphatic rings. The Hall–Kier alpha value is -5.33. The second-order valence-electron chi connectivity index (χ2n) is 12.3. The van der Waals surface area contributed by atoms with Crippen LogP contribution in [0.1, 0.15) is 44.5 Å². The number of rotatable bonds is 0. The Kier molecular flexibility index (Phi) is 5.81. The van der Waals surface area contributed by atoms with Crippen LogP contribution in [0.5, 0.6) is 0 Å². The van der Waals surface area contributed by atoms with Crippen molar-refractivity contribution >= 4 is 17.2 Å². The van der Waals surface area contributed by atoms with Gasteiger partial charge in [-0.15, -0.1) is 0 Å². The van der Waals surface area contributed by atoms with Gasteiger partial charge in [0.15, 0.2) is 0 Å². The lowest BCUT2D eigenvalue weighted by atomic mass is 9.98. The van der Waals surface area contributed by atoms with Crippen LogP contribution in [-0.4, -0.2) is 0 Å². The molecule has 0 aliphatic heterocycles. The standard InChI is InChI=1S/C44H31/c1-5-13-37-29-21-30(38(37)14-6-1)26-32-23-34(42-18-10-3-8-16-40(32)42)28-36-24-35(43-19-11-4-12-20-44(36)43)27-33-22-31(25-29)39-15-7-2-9-17-41(33)39/h1-25H,26-28H2/q+1/b29-25+. The first kappa shape index (κ1) is 25.2. The summed E-state index contributed by atoms with van der Waals surface area (Å²) in [5.74, 6) is 0. The maximum atomic E-state index is 2.49. The normalized spacial score (nSPS) is 15.1. The van der Waals surface area contributed by atoms with Crippen molar-refractivity contribution in [3.8, 4) is 33.4 Å². The summed E-state index contributed by atoms with van der Waals surface area (Å²) in [6, 6.07) is 51.9. The summed E-state index contributed by atoms with van der Waals surface area (Å²) in [7, 11) is 0. The molecule has 1 aromatic carbocycles. The van der Waals surface area contributed by atoms with E-state index in [-0.39, 0.29) is 0 Å². The number of hydrogen-bond donors (Lipinski definition) is 0. The van der Waals surface area contributed by atoms with Crippen molar-refractivity contribution < 1.29 is 0 Å². The van der Waals surface area contributed by atoms with E-state index in [2.05, 4.69) is 152 Å². The topological polar surface area (TPSA) is 0 Å². The fraction of sp³-hybridized carbons (Fsp3) is 0.0682. The third kappa shape index (κ3) is 4.10. The summed E-state index contributed by atoms with van der Waals surface area (Å²) in [5.41, 5.74) is 21.7. The van der Waals surface area contributed by atoms with Gasteiger partial charge in [0.25, 0.3) is 0 Å². The molecule has 0 saturated carbocycles. The molecule has 0 radical (unpaired) electrons. The molecule has 8 aliphatic carbocycles. The van der Waals surface area contributed by atoms with Gasteiger partial charge in [-0.05, 0) is 104 Å². The Bertz CT molecular complexity index is 2200. The maximum absolute atomic E-state index is 2.49. The number of fused-ring (bicyclic) bond motifs is 19. The Balaban J connectivity index is 1.34. The Morgan fingerprint density at radius 1 is 0.386 bits per heavy atom.